The Labute approximate surface area is 127 Å². The van der Waals surface area contributed by atoms with Crippen LogP contribution in [-0.2, 0) is 9.53 Å². The minimum Gasteiger partial charge on any atom is -0.511 e. The fraction of sp³-hybridized carbons (Fsp3) is 0.722. The number of carbonyl (C=O) groups excluding carboxylic acids is 1. The van der Waals surface area contributed by atoms with E-state index in [2.05, 4.69) is 27.4 Å². The first-order chi connectivity index (χ1) is 9.72. The van der Waals surface area contributed by atoms with E-state index in [1.807, 2.05) is 0 Å². The van der Waals surface area contributed by atoms with Gasteiger partial charge < -0.3 is 9.84 Å². The summed E-state index contributed by atoms with van der Waals surface area (Å²) in [7, 11) is 1.39. The third kappa shape index (κ3) is 1.89. The van der Waals surface area contributed by atoms with E-state index >= 15 is 0 Å². The van der Waals surface area contributed by atoms with Crippen molar-refractivity contribution in [3.8, 4) is 0 Å². The minimum absolute atomic E-state index is 0.0966. The predicted molar refractivity (Wildman–Crippen MR) is 81.6 cm³/mol. The highest BCUT2D eigenvalue weighted by molar-refractivity contribution is 5.89. The molecular formula is C18H26O3. The van der Waals surface area contributed by atoms with E-state index in [4.69, 9.17) is 4.74 Å². The lowest BCUT2D eigenvalue weighted by atomic mass is 9.40. The second kappa shape index (κ2) is 4.37. The molecule has 1 unspecified atom stereocenters. The number of allylic oxidation sites excluding steroid dienone is 2. The van der Waals surface area contributed by atoms with E-state index in [1.54, 1.807) is 0 Å². The summed E-state index contributed by atoms with van der Waals surface area (Å²) in [6.07, 6.45) is 3.79. The molecule has 3 heteroatoms. The van der Waals surface area contributed by atoms with Crippen molar-refractivity contribution < 1.29 is 14.6 Å². The largest absolute Gasteiger partial charge is 0.511 e. The topological polar surface area (TPSA) is 46.5 Å². The van der Waals surface area contributed by atoms with Gasteiger partial charge in [0.2, 0.25) is 0 Å². The highest BCUT2D eigenvalue weighted by Crippen LogP contribution is 2.69. The van der Waals surface area contributed by atoms with Crippen LogP contribution >= 0.6 is 0 Å². The summed E-state index contributed by atoms with van der Waals surface area (Å²) < 4.78 is 4.86. The van der Waals surface area contributed by atoms with Gasteiger partial charge in [-0.15, -0.1) is 0 Å². The molecule has 0 saturated heterocycles. The SMILES string of the molecule is C=C(C)[C@@H]1CC2[C@H]3C[C@@]1(C)C[C@]2(C)CC(C(=O)OC)=C3O. The lowest BCUT2D eigenvalue weighted by Crippen LogP contribution is -2.57. The van der Waals surface area contributed by atoms with Gasteiger partial charge in [-0.1, -0.05) is 26.0 Å². The molecule has 4 bridgehead atoms. The van der Waals surface area contributed by atoms with Crippen LogP contribution in [-0.4, -0.2) is 18.2 Å². The number of aliphatic hydroxyl groups excluding tert-OH is 1. The van der Waals surface area contributed by atoms with Crippen molar-refractivity contribution >= 4 is 5.97 Å². The molecule has 4 aliphatic rings. The Bertz CT molecular complexity index is 547. The molecule has 4 rings (SSSR count). The summed E-state index contributed by atoms with van der Waals surface area (Å²) in [4.78, 5) is 12.0. The van der Waals surface area contributed by atoms with Crippen molar-refractivity contribution in [3.05, 3.63) is 23.5 Å². The van der Waals surface area contributed by atoms with Crippen LogP contribution < -0.4 is 0 Å². The Hall–Kier alpha value is -1.25. The molecule has 0 aliphatic heterocycles. The summed E-state index contributed by atoms with van der Waals surface area (Å²) in [5, 5.41) is 10.6. The summed E-state index contributed by atoms with van der Waals surface area (Å²) in [6, 6.07) is 0. The van der Waals surface area contributed by atoms with Gasteiger partial charge in [0.05, 0.1) is 12.7 Å². The standard InChI is InChI=1S/C18H26O3/c1-10(2)13-6-14-11-7-17(13,3)9-18(14,4)8-12(15(11)19)16(20)21-5/h11,13-14,19H,1,6-9H2,2-5H3/t11-,13+,14?,17+,18+/m1/s1. The summed E-state index contributed by atoms with van der Waals surface area (Å²) in [5.74, 6) is 1.05. The molecule has 3 nitrogen and oxygen atoms in total. The monoisotopic (exact) mass is 290 g/mol. The Morgan fingerprint density at radius 1 is 1.38 bits per heavy atom. The molecule has 0 amide bonds. The van der Waals surface area contributed by atoms with Crippen molar-refractivity contribution in [2.24, 2.45) is 28.6 Å². The second-order valence-corrected chi connectivity index (χ2v) is 8.07. The minimum atomic E-state index is -0.359. The van der Waals surface area contributed by atoms with E-state index in [1.165, 1.54) is 12.7 Å². The highest BCUT2D eigenvalue weighted by atomic mass is 16.5. The Balaban J connectivity index is 2.04. The van der Waals surface area contributed by atoms with Crippen molar-refractivity contribution in [3.63, 3.8) is 0 Å². The number of ether oxygens (including phenoxy) is 1. The Kier molecular flexibility index (Phi) is 3.06. The van der Waals surface area contributed by atoms with Crippen LogP contribution in [0.2, 0.25) is 0 Å². The van der Waals surface area contributed by atoms with E-state index < -0.39 is 0 Å². The van der Waals surface area contributed by atoms with E-state index in [-0.39, 0.29) is 22.7 Å². The molecule has 0 aromatic heterocycles. The third-order valence-corrected chi connectivity index (χ3v) is 6.47. The fourth-order valence-corrected chi connectivity index (χ4v) is 5.80. The molecule has 116 valence electrons. The van der Waals surface area contributed by atoms with Crippen LogP contribution in [0.3, 0.4) is 0 Å². The predicted octanol–water partition coefficient (Wildman–Crippen LogP) is 4.01. The maximum Gasteiger partial charge on any atom is 0.337 e. The van der Waals surface area contributed by atoms with Crippen LogP contribution in [0.1, 0.15) is 46.5 Å². The molecule has 1 N–H and O–H groups in total. The highest BCUT2D eigenvalue weighted by Gasteiger charge is 2.62. The molecule has 3 saturated carbocycles. The van der Waals surface area contributed by atoms with E-state index in [9.17, 15) is 9.90 Å². The third-order valence-electron chi connectivity index (χ3n) is 6.47. The maximum atomic E-state index is 12.0. The zero-order valence-corrected chi connectivity index (χ0v) is 13.5. The first-order valence-electron chi connectivity index (χ1n) is 7.87. The molecule has 3 fully saturated rings. The number of aliphatic hydroxyl groups is 1. The number of fused-ring (bicyclic) bond motifs is 1. The van der Waals surface area contributed by atoms with Crippen LogP contribution in [0.4, 0.5) is 0 Å². The quantitative estimate of drug-likeness (QED) is 0.617. The van der Waals surface area contributed by atoms with Gasteiger partial charge in [0.25, 0.3) is 0 Å². The molecule has 4 aliphatic carbocycles. The van der Waals surface area contributed by atoms with Crippen molar-refractivity contribution in [1.29, 1.82) is 0 Å². The average Bonchev–Trinajstić information content (AvgIpc) is 2.40. The zero-order valence-electron chi connectivity index (χ0n) is 13.5. The lowest BCUT2D eigenvalue weighted by Gasteiger charge is -2.64. The average molecular weight is 290 g/mol. The van der Waals surface area contributed by atoms with Gasteiger partial charge in [0.15, 0.2) is 0 Å². The van der Waals surface area contributed by atoms with Gasteiger partial charge in [-0.05, 0) is 55.3 Å². The van der Waals surface area contributed by atoms with Gasteiger partial charge in [-0.3, -0.25) is 0 Å². The Morgan fingerprint density at radius 3 is 2.57 bits per heavy atom. The normalized spacial score (nSPS) is 44.7. The first-order valence-corrected chi connectivity index (χ1v) is 7.87. The zero-order chi connectivity index (χ0) is 15.6. The van der Waals surface area contributed by atoms with Crippen LogP contribution in [0, 0.1) is 28.6 Å². The van der Waals surface area contributed by atoms with Crippen molar-refractivity contribution in [1.82, 2.24) is 0 Å². The van der Waals surface area contributed by atoms with Gasteiger partial charge in [-0.25, -0.2) is 4.79 Å². The van der Waals surface area contributed by atoms with E-state index in [0.717, 1.165) is 19.3 Å². The second-order valence-electron chi connectivity index (χ2n) is 8.07. The molecule has 0 radical (unpaired) electrons. The molecule has 21 heavy (non-hydrogen) atoms. The maximum absolute atomic E-state index is 12.0. The number of methoxy groups -OCH3 is 1. The van der Waals surface area contributed by atoms with Crippen LogP contribution in [0.15, 0.2) is 23.5 Å². The van der Waals surface area contributed by atoms with Crippen LogP contribution in [0.25, 0.3) is 0 Å². The number of esters is 1. The van der Waals surface area contributed by atoms with E-state index in [0.29, 0.717) is 29.6 Å². The summed E-state index contributed by atoms with van der Waals surface area (Å²) in [6.45, 7) is 10.9. The first kappa shape index (κ1) is 14.7. The number of rotatable bonds is 2. The molecule has 5 atom stereocenters. The molecular weight excluding hydrogens is 264 g/mol. The van der Waals surface area contributed by atoms with Gasteiger partial charge >= 0.3 is 5.97 Å². The van der Waals surface area contributed by atoms with Crippen molar-refractivity contribution in [2.45, 2.75) is 46.5 Å². The number of carbonyl (C=O) groups is 1. The molecule has 0 aromatic rings. The van der Waals surface area contributed by atoms with Crippen LogP contribution in [0.5, 0.6) is 0 Å². The van der Waals surface area contributed by atoms with Gasteiger partial charge in [-0.2, -0.15) is 0 Å². The molecule has 0 heterocycles. The number of hydrogen-bond donors (Lipinski definition) is 1. The Morgan fingerprint density at radius 2 is 2.05 bits per heavy atom. The number of hydrogen-bond acceptors (Lipinski definition) is 3. The lowest BCUT2D eigenvalue weighted by molar-refractivity contribution is -0.144. The molecule has 0 spiro atoms. The summed E-state index contributed by atoms with van der Waals surface area (Å²) in [5.41, 5.74) is 2.06. The molecule has 0 aromatic carbocycles. The smallest absolute Gasteiger partial charge is 0.337 e. The van der Waals surface area contributed by atoms with Gasteiger partial charge in [0, 0.05) is 5.92 Å². The van der Waals surface area contributed by atoms with Gasteiger partial charge in [0.1, 0.15) is 5.76 Å². The summed E-state index contributed by atoms with van der Waals surface area (Å²) >= 11 is 0. The van der Waals surface area contributed by atoms with Crippen molar-refractivity contribution in [2.75, 3.05) is 7.11 Å². The fourth-order valence-electron chi connectivity index (χ4n) is 5.80.